The highest BCUT2D eigenvalue weighted by molar-refractivity contribution is 6.01. The van der Waals surface area contributed by atoms with Gasteiger partial charge in [0.25, 0.3) is 5.91 Å². The summed E-state index contributed by atoms with van der Waals surface area (Å²) in [6, 6.07) is 9.90. The molecule has 4 aromatic rings. The number of nitrogens with zero attached hydrogens (tertiary/aromatic N) is 4. The number of ether oxygens (including phenoxy) is 1. The molecule has 0 saturated carbocycles. The van der Waals surface area contributed by atoms with Gasteiger partial charge >= 0.3 is 0 Å². The fourth-order valence-electron chi connectivity index (χ4n) is 5.36. The van der Waals surface area contributed by atoms with Crippen molar-refractivity contribution >= 4 is 51.7 Å². The number of primary amides is 1. The molecular formula is C28H29FN8O3. The summed E-state index contributed by atoms with van der Waals surface area (Å²) in [6.07, 6.45) is 4.63. The smallest absolute Gasteiger partial charge is 0.253 e. The second-order valence-electron chi connectivity index (χ2n) is 9.85. The number of carbonyl (C=O) groups is 2. The first-order valence-corrected chi connectivity index (χ1v) is 13.1. The average Bonchev–Trinajstić information content (AvgIpc) is 3.70. The molecule has 1 fully saturated rings. The summed E-state index contributed by atoms with van der Waals surface area (Å²) in [5.41, 5.74) is 8.57. The molecule has 4 heterocycles. The van der Waals surface area contributed by atoms with Crippen LogP contribution in [0.2, 0.25) is 0 Å². The van der Waals surface area contributed by atoms with Gasteiger partial charge in [-0.2, -0.15) is 9.97 Å². The third-order valence-corrected chi connectivity index (χ3v) is 7.35. The summed E-state index contributed by atoms with van der Waals surface area (Å²) >= 11 is 0. The first-order valence-electron chi connectivity index (χ1n) is 13.1. The lowest BCUT2D eigenvalue weighted by molar-refractivity contribution is -0.128. The third-order valence-electron chi connectivity index (χ3n) is 7.35. The van der Waals surface area contributed by atoms with Crippen LogP contribution in [-0.4, -0.2) is 65.0 Å². The molecule has 40 heavy (non-hydrogen) atoms. The summed E-state index contributed by atoms with van der Waals surface area (Å²) < 4.78 is 20.0. The zero-order valence-corrected chi connectivity index (χ0v) is 22.0. The van der Waals surface area contributed by atoms with Gasteiger partial charge in [-0.15, -0.1) is 0 Å². The van der Waals surface area contributed by atoms with Crippen molar-refractivity contribution in [1.29, 1.82) is 0 Å². The Morgan fingerprint density at radius 2 is 1.93 bits per heavy atom. The van der Waals surface area contributed by atoms with E-state index in [2.05, 4.69) is 30.5 Å². The predicted molar refractivity (Wildman–Crippen MR) is 150 cm³/mol. The molecule has 12 heteroatoms. The Balaban J connectivity index is 1.32. The number of hydrogen-bond acceptors (Lipinski definition) is 8. The van der Waals surface area contributed by atoms with E-state index >= 15 is 0 Å². The molecular weight excluding hydrogens is 515 g/mol. The van der Waals surface area contributed by atoms with Crippen LogP contribution in [0.3, 0.4) is 0 Å². The Labute approximate surface area is 229 Å². The first kappa shape index (κ1) is 25.4. The molecule has 0 spiro atoms. The van der Waals surface area contributed by atoms with Gasteiger partial charge in [-0.3, -0.25) is 9.59 Å². The molecule has 2 amide bonds. The van der Waals surface area contributed by atoms with Crippen molar-refractivity contribution in [3.8, 4) is 5.75 Å². The lowest BCUT2D eigenvalue weighted by Crippen LogP contribution is -2.38. The summed E-state index contributed by atoms with van der Waals surface area (Å²) in [4.78, 5) is 41.1. The minimum absolute atomic E-state index is 0.139. The Morgan fingerprint density at radius 3 is 2.70 bits per heavy atom. The van der Waals surface area contributed by atoms with Crippen LogP contribution < -0.4 is 26.0 Å². The summed E-state index contributed by atoms with van der Waals surface area (Å²) in [7, 11) is 1.59. The number of amides is 2. The number of H-pyrrole nitrogens is 1. The highest BCUT2D eigenvalue weighted by atomic mass is 19.1. The lowest BCUT2D eigenvalue weighted by Gasteiger charge is -2.23. The quantitative estimate of drug-likeness (QED) is 0.263. The summed E-state index contributed by atoms with van der Waals surface area (Å²) in [5.74, 6) is -0.290. The number of fused-ring (bicyclic) bond motifs is 2. The Morgan fingerprint density at radius 1 is 1.10 bits per heavy atom. The molecule has 0 aliphatic carbocycles. The molecule has 0 unspecified atom stereocenters. The number of hydrogen-bond donors (Lipinski definition) is 4. The van der Waals surface area contributed by atoms with Crippen LogP contribution in [0.5, 0.6) is 5.75 Å². The van der Waals surface area contributed by atoms with E-state index < -0.39 is 11.7 Å². The molecule has 11 nitrogen and oxygen atoms in total. The number of aromatic amines is 1. The van der Waals surface area contributed by atoms with E-state index in [0.717, 1.165) is 50.1 Å². The zero-order valence-electron chi connectivity index (χ0n) is 22.0. The van der Waals surface area contributed by atoms with Gasteiger partial charge in [-0.05, 0) is 55.2 Å². The summed E-state index contributed by atoms with van der Waals surface area (Å²) in [5, 5.41) is 6.92. The van der Waals surface area contributed by atoms with E-state index in [9.17, 15) is 14.0 Å². The topological polar surface area (TPSA) is 142 Å². The Bertz CT molecular complexity index is 1610. The van der Waals surface area contributed by atoms with Crippen molar-refractivity contribution < 1.29 is 18.7 Å². The van der Waals surface area contributed by atoms with Crippen LogP contribution in [0.1, 0.15) is 28.8 Å². The number of benzene rings is 2. The summed E-state index contributed by atoms with van der Waals surface area (Å²) in [6.45, 7) is 2.71. The van der Waals surface area contributed by atoms with Gasteiger partial charge in [-0.1, -0.05) is 6.07 Å². The molecule has 2 aromatic heterocycles. The average molecular weight is 545 g/mol. The number of rotatable bonds is 8. The second kappa shape index (κ2) is 10.4. The minimum atomic E-state index is -0.894. The number of methoxy groups -OCH3 is 1. The van der Waals surface area contributed by atoms with E-state index in [1.807, 2.05) is 17.0 Å². The van der Waals surface area contributed by atoms with Crippen LogP contribution in [0.25, 0.3) is 11.0 Å². The Kier molecular flexibility index (Phi) is 6.58. The third kappa shape index (κ3) is 4.72. The molecule has 1 saturated heterocycles. The maximum absolute atomic E-state index is 14.4. The van der Waals surface area contributed by atoms with E-state index in [-0.39, 0.29) is 23.1 Å². The van der Waals surface area contributed by atoms with Crippen molar-refractivity contribution in [3.63, 3.8) is 0 Å². The molecule has 2 aliphatic rings. The maximum atomic E-state index is 14.4. The molecule has 2 aromatic carbocycles. The molecule has 6 rings (SSSR count). The predicted octanol–water partition coefficient (Wildman–Crippen LogP) is 3.68. The van der Waals surface area contributed by atoms with Crippen LogP contribution in [0, 0.1) is 5.82 Å². The Hall–Kier alpha value is -4.87. The van der Waals surface area contributed by atoms with Gasteiger partial charge in [0, 0.05) is 31.5 Å². The fraction of sp³-hybridized carbons (Fsp3) is 0.286. The van der Waals surface area contributed by atoms with Crippen LogP contribution >= 0.6 is 0 Å². The van der Waals surface area contributed by atoms with Gasteiger partial charge in [0.15, 0.2) is 0 Å². The minimum Gasteiger partial charge on any atom is -0.495 e. The molecule has 2 aliphatic heterocycles. The van der Waals surface area contributed by atoms with Crippen molar-refractivity contribution in [2.45, 2.75) is 19.3 Å². The van der Waals surface area contributed by atoms with Gasteiger partial charge in [0.1, 0.15) is 23.0 Å². The molecule has 0 atom stereocenters. The highest BCUT2D eigenvalue weighted by Crippen LogP contribution is 2.39. The molecule has 206 valence electrons. The van der Waals surface area contributed by atoms with E-state index in [1.165, 1.54) is 12.1 Å². The van der Waals surface area contributed by atoms with Gasteiger partial charge in [0.2, 0.25) is 11.9 Å². The number of halogens is 1. The normalized spacial score (nSPS) is 14.4. The first-order chi connectivity index (χ1) is 19.4. The van der Waals surface area contributed by atoms with Crippen molar-refractivity contribution in [2.75, 3.05) is 48.8 Å². The van der Waals surface area contributed by atoms with E-state index in [0.29, 0.717) is 34.8 Å². The van der Waals surface area contributed by atoms with Crippen molar-refractivity contribution in [2.24, 2.45) is 5.73 Å². The number of likely N-dealkylation sites (tertiary alicyclic amines) is 1. The second-order valence-corrected chi connectivity index (χ2v) is 9.85. The number of carbonyl (C=O) groups excluding carboxylic acids is 2. The van der Waals surface area contributed by atoms with E-state index in [1.54, 1.807) is 25.4 Å². The maximum Gasteiger partial charge on any atom is 0.253 e. The SMILES string of the molecule is COc1cc2c(cc1Nc1nc(Nc3cccc(F)c3C(N)=O)c3cc[nH]c3n1)N(CC(=O)N1CCCC1)CC2. The fourth-order valence-corrected chi connectivity index (χ4v) is 5.36. The molecule has 0 radical (unpaired) electrons. The standard InChI is InChI=1S/C28H29FN8O3/c1-40-22-13-16-8-12-37(15-23(38)36-10-2-3-11-36)21(16)14-20(22)33-28-34-26-17(7-9-31-26)27(35-28)32-19-6-4-5-18(29)24(19)25(30)39/h4-7,9,13-14H,2-3,8,10-12,15H2,1H3,(H2,30,39)(H3,31,32,33,34,35). The van der Waals surface area contributed by atoms with Gasteiger partial charge < -0.3 is 35.9 Å². The number of nitrogens with two attached hydrogens (primary N) is 1. The van der Waals surface area contributed by atoms with Crippen molar-refractivity contribution in [3.05, 3.63) is 59.5 Å². The zero-order chi connectivity index (χ0) is 27.8. The number of aromatic nitrogens is 3. The number of nitrogens with one attached hydrogen (secondary N) is 3. The lowest BCUT2D eigenvalue weighted by atomic mass is 10.1. The van der Waals surface area contributed by atoms with Crippen LogP contribution in [0.15, 0.2) is 42.6 Å². The van der Waals surface area contributed by atoms with Crippen LogP contribution in [-0.2, 0) is 11.2 Å². The molecule has 0 bridgehead atoms. The van der Waals surface area contributed by atoms with Gasteiger partial charge in [-0.25, -0.2) is 4.39 Å². The van der Waals surface area contributed by atoms with E-state index in [4.69, 9.17) is 10.5 Å². The van der Waals surface area contributed by atoms with Crippen LogP contribution in [0.4, 0.5) is 33.2 Å². The van der Waals surface area contributed by atoms with Gasteiger partial charge in [0.05, 0.1) is 36.0 Å². The monoisotopic (exact) mass is 544 g/mol. The van der Waals surface area contributed by atoms with Crippen molar-refractivity contribution in [1.82, 2.24) is 19.9 Å². The molecule has 5 N–H and O–H groups in total. The number of anilines is 5. The highest BCUT2D eigenvalue weighted by Gasteiger charge is 2.27. The largest absolute Gasteiger partial charge is 0.495 e.